The van der Waals surface area contributed by atoms with Crippen molar-refractivity contribution in [3.63, 3.8) is 0 Å². The van der Waals surface area contributed by atoms with E-state index in [0.29, 0.717) is 22.9 Å². The van der Waals surface area contributed by atoms with Crippen LogP contribution in [-0.4, -0.2) is 24.0 Å². The summed E-state index contributed by atoms with van der Waals surface area (Å²) in [5.74, 6) is -1.28. The van der Waals surface area contributed by atoms with E-state index in [9.17, 15) is 18.0 Å². The molecule has 0 bridgehead atoms. The van der Waals surface area contributed by atoms with Gasteiger partial charge < -0.3 is 4.74 Å². The molecular weight excluding hydrogens is 325 g/mol. The van der Waals surface area contributed by atoms with Crippen molar-refractivity contribution in [1.29, 1.82) is 0 Å². The lowest BCUT2D eigenvalue weighted by atomic mass is 9.80. The van der Waals surface area contributed by atoms with E-state index in [1.165, 1.54) is 0 Å². The highest BCUT2D eigenvalue weighted by molar-refractivity contribution is 8.10. The largest absolute Gasteiger partial charge is 0.468 e. The lowest BCUT2D eigenvalue weighted by Gasteiger charge is -2.24. The first-order valence-corrected chi connectivity index (χ1v) is 7.68. The van der Waals surface area contributed by atoms with Crippen LogP contribution in [0.1, 0.15) is 11.1 Å². The number of esters is 1. The molecular formula is C17H13F3O2S. The summed E-state index contributed by atoms with van der Waals surface area (Å²) < 4.78 is 42.0. The molecule has 0 amide bonds. The molecule has 2 aromatic rings. The maximum absolute atomic E-state index is 13.9. The number of methoxy groups -OCH3 is 1. The number of alkyl halides is 3. The molecule has 23 heavy (non-hydrogen) atoms. The van der Waals surface area contributed by atoms with Crippen LogP contribution in [0.25, 0.3) is 0 Å². The van der Waals surface area contributed by atoms with Crippen molar-refractivity contribution >= 4 is 17.7 Å². The number of thioether (sulfide) groups is 1. The SMILES string of the molecule is COC(=O)[C@@]1(C(F)(F)F)SC1(c1ccccc1)c1ccccc1. The van der Waals surface area contributed by atoms with E-state index in [1.54, 1.807) is 60.7 Å². The Morgan fingerprint density at radius 3 is 1.74 bits per heavy atom. The molecule has 2 aromatic carbocycles. The van der Waals surface area contributed by atoms with Crippen molar-refractivity contribution in [2.45, 2.75) is 15.7 Å². The first-order chi connectivity index (χ1) is 10.9. The molecule has 0 N–H and O–H groups in total. The maximum Gasteiger partial charge on any atom is 0.415 e. The van der Waals surface area contributed by atoms with E-state index in [2.05, 4.69) is 4.74 Å². The van der Waals surface area contributed by atoms with E-state index in [4.69, 9.17) is 0 Å². The molecule has 0 aliphatic carbocycles. The highest BCUT2D eigenvalue weighted by Gasteiger charge is 2.87. The summed E-state index contributed by atoms with van der Waals surface area (Å²) in [5.41, 5.74) is 0.859. The highest BCUT2D eigenvalue weighted by Crippen LogP contribution is 2.78. The molecule has 0 unspecified atom stereocenters. The summed E-state index contributed by atoms with van der Waals surface area (Å²) in [6.45, 7) is 0. The number of carbonyl (C=O) groups excluding carboxylic acids is 1. The van der Waals surface area contributed by atoms with Crippen LogP contribution in [0, 0.1) is 0 Å². The first kappa shape index (κ1) is 15.9. The van der Waals surface area contributed by atoms with E-state index in [1.807, 2.05) is 0 Å². The average Bonchev–Trinajstić information content (AvgIpc) is 3.29. The van der Waals surface area contributed by atoms with Gasteiger partial charge in [-0.1, -0.05) is 60.7 Å². The molecule has 1 fully saturated rings. The summed E-state index contributed by atoms with van der Waals surface area (Å²) in [6, 6.07) is 16.5. The summed E-state index contributed by atoms with van der Waals surface area (Å²) in [4.78, 5) is 12.1. The number of benzene rings is 2. The van der Waals surface area contributed by atoms with Crippen LogP contribution in [0.3, 0.4) is 0 Å². The van der Waals surface area contributed by atoms with Gasteiger partial charge in [0.15, 0.2) is 0 Å². The Balaban J connectivity index is 2.27. The quantitative estimate of drug-likeness (QED) is 0.621. The molecule has 2 nitrogen and oxygen atoms in total. The Hall–Kier alpha value is -1.95. The minimum Gasteiger partial charge on any atom is -0.468 e. The van der Waals surface area contributed by atoms with Crippen molar-refractivity contribution in [3.8, 4) is 0 Å². The van der Waals surface area contributed by atoms with Crippen LogP contribution in [-0.2, 0) is 14.3 Å². The summed E-state index contributed by atoms with van der Waals surface area (Å²) in [6.07, 6.45) is -4.74. The summed E-state index contributed by atoms with van der Waals surface area (Å²) in [5, 5.41) is 0. The normalized spacial score (nSPS) is 22.4. The van der Waals surface area contributed by atoms with Gasteiger partial charge in [-0.2, -0.15) is 13.2 Å². The predicted octanol–water partition coefficient (Wildman–Crippen LogP) is 4.15. The molecule has 1 atom stereocenters. The summed E-state index contributed by atoms with van der Waals surface area (Å²) in [7, 11) is 0.982. The topological polar surface area (TPSA) is 26.3 Å². The van der Waals surface area contributed by atoms with Gasteiger partial charge in [-0.15, -0.1) is 11.8 Å². The number of carbonyl (C=O) groups is 1. The van der Waals surface area contributed by atoms with Crippen LogP contribution in [0.2, 0.25) is 0 Å². The van der Waals surface area contributed by atoms with Crippen molar-refractivity contribution in [2.75, 3.05) is 7.11 Å². The van der Waals surface area contributed by atoms with Crippen LogP contribution < -0.4 is 0 Å². The molecule has 0 saturated carbocycles. The van der Waals surface area contributed by atoms with Gasteiger partial charge in [0.25, 0.3) is 0 Å². The van der Waals surface area contributed by atoms with E-state index in [0.717, 1.165) is 7.11 Å². The zero-order chi connectivity index (χ0) is 16.7. The van der Waals surface area contributed by atoms with Crippen LogP contribution in [0.4, 0.5) is 13.2 Å². The fourth-order valence-corrected chi connectivity index (χ4v) is 4.58. The number of ether oxygens (including phenoxy) is 1. The van der Waals surface area contributed by atoms with Crippen LogP contribution >= 0.6 is 11.8 Å². The molecule has 1 heterocycles. The molecule has 120 valence electrons. The van der Waals surface area contributed by atoms with Crippen LogP contribution in [0.15, 0.2) is 60.7 Å². The van der Waals surface area contributed by atoms with Crippen LogP contribution in [0.5, 0.6) is 0 Å². The van der Waals surface area contributed by atoms with E-state index >= 15 is 0 Å². The zero-order valence-corrected chi connectivity index (χ0v) is 12.9. The third kappa shape index (κ3) is 2.08. The predicted molar refractivity (Wildman–Crippen MR) is 82.1 cm³/mol. The monoisotopic (exact) mass is 338 g/mol. The van der Waals surface area contributed by atoms with Gasteiger partial charge in [-0.05, 0) is 11.1 Å². The molecule has 1 aliphatic rings. The molecule has 0 radical (unpaired) electrons. The Labute approximate surface area is 135 Å². The van der Waals surface area contributed by atoms with Crippen molar-refractivity contribution in [2.24, 2.45) is 0 Å². The second kappa shape index (κ2) is 5.30. The fourth-order valence-electron chi connectivity index (χ4n) is 2.94. The molecule has 6 heteroatoms. The van der Waals surface area contributed by atoms with Crippen molar-refractivity contribution in [1.82, 2.24) is 0 Å². The number of hydrogen-bond donors (Lipinski definition) is 0. The van der Waals surface area contributed by atoms with Gasteiger partial charge in [0.2, 0.25) is 4.75 Å². The molecule has 0 spiro atoms. The average molecular weight is 338 g/mol. The van der Waals surface area contributed by atoms with Gasteiger partial charge in [0.1, 0.15) is 4.75 Å². The van der Waals surface area contributed by atoms with Gasteiger partial charge in [0, 0.05) is 0 Å². The number of hydrogen-bond acceptors (Lipinski definition) is 3. The Bertz CT molecular complexity index is 676. The van der Waals surface area contributed by atoms with Crippen molar-refractivity contribution in [3.05, 3.63) is 71.8 Å². The van der Waals surface area contributed by atoms with Gasteiger partial charge in [0.05, 0.1) is 7.11 Å². The van der Waals surface area contributed by atoms with E-state index < -0.39 is 21.6 Å². The highest BCUT2D eigenvalue weighted by atomic mass is 32.2. The maximum atomic E-state index is 13.9. The lowest BCUT2D eigenvalue weighted by molar-refractivity contribution is -0.182. The fraction of sp³-hybridized carbons (Fsp3) is 0.235. The minimum atomic E-state index is -4.74. The molecule has 3 rings (SSSR count). The first-order valence-electron chi connectivity index (χ1n) is 6.86. The second-order valence-corrected chi connectivity index (χ2v) is 6.61. The van der Waals surface area contributed by atoms with Gasteiger partial charge >= 0.3 is 12.1 Å². The van der Waals surface area contributed by atoms with Crippen molar-refractivity contribution < 1.29 is 22.7 Å². The van der Waals surface area contributed by atoms with Gasteiger partial charge in [-0.25, -0.2) is 0 Å². The number of rotatable bonds is 3. The van der Waals surface area contributed by atoms with Gasteiger partial charge in [-0.3, -0.25) is 4.79 Å². The Morgan fingerprint density at radius 2 is 1.39 bits per heavy atom. The Kier molecular flexibility index (Phi) is 3.67. The molecule has 1 aliphatic heterocycles. The standard InChI is InChI=1S/C17H13F3O2S/c1-22-14(21)16(17(18,19)20)15(23-16,12-8-4-2-5-9-12)13-10-6-3-7-11-13/h2-11H,1H3/t16-/m1/s1. The lowest BCUT2D eigenvalue weighted by Crippen LogP contribution is -2.46. The van der Waals surface area contributed by atoms with E-state index in [-0.39, 0.29) is 0 Å². The number of halogens is 3. The molecule has 0 aromatic heterocycles. The minimum absolute atomic E-state index is 0.430. The zero-order valence-electron chi connectivity index (χ0n) is 12.1. The third-order valence-corrected chi connectivity index (χ3v) is 5.88. The third-order valence-electron chi connectivity index (χ3n) is 3.99. The Morgan fingerprint density at radius 1 is 0.957 bits per heavy atom. The smallest absolute Gasteiger partial charge is 0.415 e. The molecule has 1 saturated heterocycles. The summed E-state index contributed by atoms with van der Waals surface area (Å²) >= 11 is 0.578. The second-order valence-electron chi connectivity index (χ2n) is 5.19.